The number of aromatic amines is 1. The van der Waals surface area contributed by atoms with Gasteiger partial charge in [-0.1, -0.05) is 6.42 Å². The molecule has 2 fully saturated rings. The van der Waals surface area contributed by atoms with Crippen LogP contribution in [0.15, 0.2) is 18.5 Å². The average Bonchev–Trinajstić information content (AvgIpc) is 3.11. The fraction of sp³-hybridized carbons (Fsp3) is 0.600. The largest absolute Gasteiger partial charge is 0.496 e. The molecule has 2 aromatic rings. The van der Waals surface area contributed by atoms with Gasteiger partial charge in [-0.05, 0) is 46.6 Å². The summed E-state index contributed by atoms with van der Waals surface area (Å²) in [7, 11) is -0.527. The first-order chi connectivity index (χ1) is 13.2. The molecule has 1 aliphatic carbocycles. The summed E-state index contributed by atoms with van der Waals surface area (Å²) in [5.74, 6) is -0.168. The molecule has 0 aromatic carbocycles. The van der Waals surface area contributed by atoms with Gasteiger partial charge in [0.1, 0.15) is 5.65 Å². The number of nitrogens with zero attached hydrogens (tertiary/aromatic N) is 1. The number of aromatic nitrogens is 2. The predicted molar refractivity (Wildman–Crippen MR) is 108 cm³/mol. The molecule has 3 heterocycles. The third-order valence-electron chi connectivity index (χ3n) is 6.70. The van der Waals surface area contributed by atoms with Crippen LogP contribution < -0.4 is 10.8 Å². The van der Waals surface area contributed by atoms with Crippen LogP contribution in [0.25, 0.3) is 11.0 Å². The van der Waals surface area contributed by atoms with Crippen LogP contribution in [0.3, 0.4) is 0 Å². The minimum absolute atomic E-state index is 0.106. The van der Waals surface area contributed by atoms with Crippen molar-refractivity contribution in [2.24, 2.45) is 5.41 Å². The van der Waals surface area contributed by atoms with E-state index < -0.39 is 18.3 Å². The first-order valence-corrected chi connectivity index (χ1v) is 9.88. The fourth-order valence-corrected chi connectivity index (χ4v) is 3.75. The predicted octanol–water partition coefficient (Wildman–Crippen LogP) is 1.75. The van der Waals surface area contributed by atoms with E-state index in [1.807, 2.05) is 33.8 Å². The van der Waals surface area contributed by atoms with Crippen molar-refractivity contribution in [2.45, 2.75) is 58.2 Å². The van der Waals surface area contributed by atoms with Gasteiger partial charge in [-0.15, -0.1) is 0 Å². The van der Waals surface area contributed by atoms with E-state index in [0.717, 1.165) is 30.1 Å². The van der Waals surface area contributed by atoms with Crippen molar-refractivity contribution in [3.05, 3.63) is 24.0 Å². The minimum Gasteiger partial charge on any atom is -0.399 e. The smallest absolute Gasteiger partial charge is 0.399 e. The standard InChI is InChI=1S/C20H28BN3O4/c1-18(2)19(3,4)28-21(27-18)13-8-14-15(10-23-16(14)22-9-13)17(26)24-11-20(12-25)6-5-7-20/h8-10,25H,5-7,11-12H2,1-4H3,(H,22,23)(H,24,26). The molecular formula is C20H28BN3O4. The Hall–Kier alpha value is -1.90. The van der Waals surface area contributed by atoms with Gasteiger partial charge in [-0.2, -0.15) is 0 Å². The van der Waals surface area contributed by atoms with Crippen molar-refractivity contribution in [2.75, 3.05) is 13.2 Å². The van der Waals surface area contributed by atoms with Gasteiger partial charge in [-0.3, -0.25) is 4.79 Å². The van der Waals surface area contributed by atoms with E-state index in [0.29, 0.717) is 17.8 Å². The second kappa shape index (κ2) is 6.57. The van der Waals surface area contributed by atoms with E-state index in [-0.39, 0.29) is 17.9 Å². The molecule has 3 N–H and O–H groups in total. The lowest BCUT2D eigenvalue weighted by Crippen LogP contribution is -2.44. The highest BCUT2D eigenvalue weighted by Gasteiger charge is 2.51. The van der Waals surface area contributed by atoms with E-state index in [1.54, 1.807) is 12.4 Å². The summed E-state index contributed by atoms with van der Waals surface area (Å²) >= 11 is 0. The van der Waals surface area contributed by atoms with E-state index in [4.69, 9.17) is 9.31 Å². The summed E-state index contributed by atoms with van der Waals surface area (Å²) in [4.78, 5) is 20.3. The van der Waals surface area contributed by atoms with Gasteiger partial charge in [0.25, 0.3) is 5.91 Å². The molecule has 8 heteroatoms. The summed E-state index contributed by atoms with van der Waals surface area (Å²) < 4.78 is 12.2. The molecule has 0 radical (unpaired) electrons. The molecule has 2 aliphatic rings. The second-order valence-corrected chi connectivity index (χ2v) is 9.15. The van der Waals surface area contributed by atoms with Gasteiger partial charge in [-0.25, -0.2) is 4.98 Å². The summed E-state index contributed by atoms with van der Waals surface area (Å²) in [6.45, 7) is 8.61. The van der Waals surface area contributed by atoms with Gasteiger partial charge in [0.05, 0.1) is 23.4 Å². The van der Waals surface area contributed by atoms with Crippen LogP contribution in [0.1, 0.15) is 57.3 Å². The molecule has 4 rings (SSSR count). The maximum absolute atomic E-state index is 12.8. The lowest BCUT2D eigenvalue weighted by molar-refractivity contribution is 0.00578. The van der Waals surface area contributed by atoms with Crippen molar-refractivity contribution < 1.29 is 19.2 Å². The summed E-state index contributed by atoms with van der Waals surface area (Å²) in [5, 5.41) is 13.3. The van der Waals surface area contributed by atoms with Crippen LogP contribution in [-0.2, 0) is 9.31 Å². The molecule has 1 saturated carbocycles. The van der Waals surface area contributed by atoms with Crippen molar-refractivity contribution in [3.8, 4) is 0 Å². The first kappa shape index (κ1) is 19.4. The Balaban J connectivity index is 1.56. The third-order valence-corrected chi connectivity index (χ3v) is 6.70. The number of amides is 1. The highest BCUT2D eigenvalue weighted by atomic mass is 16.7. The molecule has 2 aromatic heterocycles. The van der Waals surface area contributed by atoms with Crippen LogP contribution >= 0.6 is 0 Å². The van der Waals surface area contributed by atoms with Crippen molar-refractivity contribution in [1.29, 1.82) is 0 Å². The summed E-state index contributed by atoms with van der Waals surface area (Å²) in [5.41, 5.74) is 0.928. The number of nitrogens with one attached hydrogen (secondary N) is 2. The molecular weight excluding hydrogens is 357 g/mol. The molecule has 1 aliphatic heterocycles. The zero-order chi connectivity index (χ0) is 20.2. The van der Waals surface area contributed by atoms with E-state index in [1.165, 1.54) is 0 Å². The van der Waals surface area contributed by atoms with Gasteiger partial charge < -0.3 is 24.7 Å². The fourth-order valence-electron chi connectivity index (χ4n) is 3.75. The highest BCUT2D eigenvalue weighted by molar-refractivity contribution is 6.62. The molecule has 1 amide bonds. The van der Waals surface area contributed by atoms with Gasteiger partial charge >= 0.3 is 7.12 Å². The number of aliphatic hydroxyl groups is 1. The van der Waals surface area contributed by atoms with Crippen molar-refractivity contribution in [3.63, 3.8) is 0 Å². The lowest BCUT2D eigenvalue weighted by atomic mass is 9.69. The zero-order valence-electron chi connectivity index (χ0n) is 17.0. The zero-order valence-corrected chi connectivity index (χ0v) is 17.0. The Labute approximate surface area is 165 Å². The lowest BCUT2D eigenvalue weighted by Gasteiger charge is -2.40. The van der Waals surface area contributed by atoms with Gasteiger partial charge in [0.2, 0.25) is 0 Å². The van der Waals surface area contributed by atoms with Crippen molar-refractivity contribution in [1.82, 2.24) is 15.3 Å². The second-order valence-electron chi connectivity index (χ2n) is 9.15. The molecule has 7 nitrogen and oxygen atoms in total. The van der Waals surface area contributed by atoms with Gasteiger partial charge in [0.15, 0.2) is 0 Å². The number of hydrogen-bond donors (Lipinski definition) is 3. The maximum Gasteiger partial charge on any atom is 0.496 e. The normalized spacial score (nSPS) is 22.2. The van der Waals surface area contributed by atoms with Crippen LogP contribution in [0.2, 0.25) is 0 Å². The quantitative estimate of drug-likeness (QED) is 0.682. The molecule has 0 unspecified atom stereocenters. The van der Waals surface area contributed by atoms with Crippen LogP contribution in [0, 0.1) is 5.41 Å². The monoisotopic (exact) mass is 385 g/mol. The van der Waals surface area contributed by atoms with E-state index >= 15 is 0 Å². The topological polar surface area (TPSA) is 96.5 Å². The van der Waals surface area contributed by atoms with E-state index in [2.05, 4.69) is 15.3 Å². The number of rotatable bonds is 5. The number of aliphatic hydroxyl groups excluding tert-OH is 1. The Kier molecular flexibility index (Phi) is 4.56. The SMILES string of the molecule is CC1(C)OB(c2cnc3[nH]cc(C(=O)NCC4(CO)CCC4)c3c2)OC1(C)C. The highest BCUT2D eigenvalue weighted by Crippen LogP contribution is 2.40. The molecule has 0 spiro atoms. The van der Waals surface area contributed by atoms with Gasteiger partial charge in [0, 0.05) is 35.2 Å². The van der Waals surface area contributed by atoms with Crippen LogP contribution in [-0.4, -0.2) is 52.5 Å². The number of hydrogen-bond acceptors (Lipinski definition) is 5. The number of pyridine rings is 1. The van der Waals surface area contributed by atoms with Crippen molar-refractivity contribution >= 4 is 29.5 Å². The number of fused-ring (bicyclic) bond motifs is 1. The van der Waals surface area contributed by atoms with E-state index in [9.17, 15) is 9.90 Å². The summed E-state index contributed by atoms with van der Waals surface area (Å²) in [6, 6.07) is 1.90. The number of carbonyl (C=O) groups excluding carboxylic acids is 1. The molecule has 0 bridgehead atoms. The molecule has 1 saturated heterocycles. The Morgan fingerprint density at radius 1 is 1.29 bits per heavy atom. The number of H-pyrrole nitrogens is 1. The first-order valence-electron chi connectivity index (χ1n) is 9.88. The average molecular weight is 385 g/mol. The summed E-state index contributed by atoms with van der Waals surface area (Å²) in [6.07, 6.45) is 6.40. The number of carbonyl (C=O) groups is 1. The maximum atomic E-state index is 12.8. The Bertz CT molecular complexity index is 882. The van der Waals surface area contributed by atoms with Crippen LogP contribution in [0.4, 0.5) is 0 Å². The Morgan fingerprint density at radius 2 is 1.96 bits per heavy atom. The molecule has 0 atom stereocenters. The Morgan fingerprint density at radius 3 is 2.54 bits per heavy atom. The molecule has 28 heavy (non-hydrogen) atoms. The van der Waals surface area contributed by atoms with Crippen LogP contribution in [0.5, 0.6) is 0 Å². The minimum atomic E-state index is -0.527. The molecule has 150 valence electrons. The third kappa shape index (κ3) is 3.13.